The van der Waals surface area contributed by atoms with Crippen LogP contribution in [0.2, 0.25) is 0 Å². The Bertz CT molecular complexity index is 436. The van der Waals surface area contributed by atoms with E-state index in [0.29, 0.717) is 0 Å². The highest BCUT2D eigenvalue weighted by atomic mass is 16.3. The molecule has 2 aromatic rings. The number of aliphatic hydroxyl groups is 1. The minimum atomic E-state index is 0.0324. The van der Waals surface area contributed by atoms with Crippen molar-refractivity contribution in [3.8, 4) is 11.1 Å². The van der Waals surface area contributed by atoms with Crippen molar-refractivity contribution in [1.82, 2.24) is 0 Å². The smallest absolute Gasteiger partial charge is 0.115 e. The maximum Gasteiger partial charge on any atom is 0.115 e. The molecule has 2 aromatic carbocycles. The molecule has 16 heavy (non-hydrogen) atoms. The third kappa shape index (κ3) is 2.23. The predicted octanol–water partition coefficient (Wildman–Crippen LogP) is 2.74. The van der Waals surface area contributed by atoms with Crippen LogP contribution in [0.15, 0.2) is 54.6 Å². The Balaban J connectivity index is 2.26. The lowest BCUT2D eigenvalue weighted by Crippen LogP contribution is -2.17. The number of aliphatic hydroxyl groups excluding tert-OH is 1. The normalized spacial score (nSPS) is 10.1. The van der Waals surface area contributed by atoms with Gasteiger partial charge in [-0.1, -0.05) is 42.5 Å². The van der Waals surface area contributed by atoms with Crippen LogP contribution in [0.5, 0.6) is 0 Å². The lowest BCUT2D eigenvalue weighted by molar-refractivity contribution is 0.298. The van der Waals surface area contributed by atoms with Gasteiger partial charge in [-0.05, 0) is 23.3 Å². The molecule has 82 valence electrons. The van der Waals surface area contributed by atoms with E-state index >= 15 is 0 Å². The predicted molar refractivity (Wildman–Crippen MR) is 67.4 cm³/mol. The fourth-order valence-electron chi connectivity index (χ4n) is 1.62. The van der Waals surface area contributed by atoms with Gasteiger partial charge in [-0.2, -0.15) is 0 Å². The Morgan fingerprint density at radius 3 is 2.00 bits per heavy atom. The number of hydrogen-bond donors (Lipinski definition) is 1. The highest BCUT2D eigenvalue weighted by Crippen LogP contribution is 2.22. The summed E-state index contributed by atoms with van der Waals surface area (Å²) in [5, 5.41) is 9.00. The van der Waals surface area contributed by atoms with Crippen LogP contribution < -0.4 is 4.90 Å². The summed E-state index contributed by atoms with van der Waals surface area (Å²) in [6, 6.07) is 18.4. The lowest BCUT2D eigenvalue weighted by Gasteiger charge is -2.15. The molecule has 2 heteroatoms. The first-order valence-electron chi connectivity index (χ1n) is 5.29. The van der Waals surface area contributed by atoms with Crippen LogP contribution in [0.3, 0.4) is 0 Å². The number of anilines is 1. The van der Waals surface area contributed by atoms with Crippen LogP contribution >= 0.6 is 0 Å². The molecule has 0 fully saturated rings. The summed E-state index contributed by atoms with van der Waals surface area (Å²) in [4.78, 5) is 1.79. The Morgan fingerprint density at radius 1 is 0.875 bits per heavy atom. The zero-order valence-corrected chi connectivity index (χ0v) is 9.30. The fraction of sp³-hybridized carbons (Fsp3) is 0.143. The lowest BCUT2D eigenvalue weighted by atomic mass is 10.1. The van der Waals surface area contributed by atoms with Crippen LogP contribution in [0, 0.1) is 0 Å². The summed E-state index contributed by atoms with van der Waals surface area (Å²) in [6.07, 6.45) is 0. The summed E-state index contributed by atoms with van der Waals surface area (Å²) in [6.45, 7) is 0.0324. The van der Waals surface area contributed by atoms with Crippen molar-refractivity contribution in [2.24, 2.45) is 0 Å². The maximum atomic E-state index is 9.00. The van der Waals surface area contributed by atoms with Gasteiger partial charge in [-0.3, -0.25) is 0 Å². The standard InChI is InChI=1S/C14H15NO/c1-15(11-16)14-9-7-13(8-10-14)12-5-3-2-4-6-12/h2-10,16H,11H2,1H3. The summed E-state index contributed by atoms with van der Waals surface area (Å²) < 4.78 is 0. The van der Waals surface area contributed by atoms with Crippen molar-refractivity contribution >= 4 is 5.69 Å². The van der Waals surface area contributed by atoms with E-state index in [1.54, 1.807) is 4.90 Å². The second-order valence-corrected chi connectivity index (χ2v) is 3.75. The van der Waals surface area contributed by atoms with Gasteiger partial charge in [0.15, 0.2) is 0 Å². The number of nitrogens with zero attached hydrogens (tertiary/aromatic N) is 1. The molecule has 0 radical (unpaired) electrons. The quantitative estimate of drug-likeness (QED) is 0.792. The van der Waals surface area contributed by atoms with Gasteiger partial charge in [-0.15, -0.1) is 0 Å². The van der Waals surface area contributed by atoms with Crippen molar-refractivity contribution < 1.29 is 5.11 Å². The van der Waals surface area contributed by atoms with E-state index in [4.69, 9.17) is 5.11 Å². The largest absolute Gasteiger partial charge is 0.376 e. The Morgan fingerprint density at radius 2 is 1.44 bits per heavy atom. The molecule has 0 aromatic heterocycles. The highest BCUT2D eigenvalue weighted by molar-refractivity contribution is 5.66. The fourth-order valence-corrected chi connectivity index (χ4v) is 1.62. The van der Waals surface area contributed by atoms with Gasteiger partial charge in [0.25, 0.3) is 0 Å². The van der Waals surface area contributed by atoms with Gasteiger partial charge < -0.3 is 10.0 Å². The topological polar surface area (TPSA) is 23.5 Å². The molecule has 0 aliphatic carbocycles. The van der Waals surface area contributed by atoms with Gasteiger partial charge in [0, 0.05) is 12.7 Å². The summed E-state index contributed by atoms with van der Waals surface area (Å²) in [7, 11) is 1.86. The molecule has 0 saturated heterocycles. The molecule has 0 bridgehead atoms. The van der Waals surface area contributed by atoms with E-state index in [2.05, 4.69) is 24.3 Å². The molecule has 0 heterocycles. The monoisotopic (exact) mass is 213 g/mol. The van der Waals surface area contributed by atoms with Gasteiger partial charge in [0.2, 0.25) is 0 Å². The zero-order chi connectivity index (χ0) is 11.4. The molecule has 2 rings (SSSR count). The van der Waals surface area contributed by atoms with Gasteiger partial charge in [0.1, 0.15) is 6.73 Å². The second-order valence-electron chi connectivity index (χ2n) is 3.75. The van der Waals surface area contributed by atoms with Crippen LogP contribution in [0.4, 0.5) is 5.69 Å². The van der Waals surface area contributed by atoms with E-state index in [0.717, 1.165) is 5.69 Å². The highest BCUT2D eigenvalue weighted by Gasteiger charge is 1.99. The molecule has 0 aliphatic heterocycles. The van der Waals surface area contributed by atoms with E-state index in [-0.39, 0.29) is 6.73 Å². The number of benzene rings is 2. The average molecular weight is 213 g/mol. The minimum absolute atomic E-state index is 0.0324. The van der Waals surface area contributed by atoms with E-state index in [1.807, 2.05) is 37.4 Å². The molecule has 0 amide bonds. The Hall–Kier alpha value is -1.80. The molecule has 0 atom stereocenters. The number of rotatable bonds is 3. The molecule has 0 saturated carbocycles. The molecule has 1 N–H and O–H groups in total. The van der Waals surface area contributed by atoms with Gasteiger partial charge in [-0.25, -0.2) is 0 Å². The minimum Gasteiger partial charge on any atom is -0.376 e. The third-order valence-electron chi connectivity index (χ3n) is 2.63. The van der Waals surface area contributed by atoms with E-state index < -0.39 is 0 Å². The van der Waals surface area contributed by atoms with E-state index in [9.17, 15) is 0 Å². The van der Waals surface area contributed by atoms with Crippen LogP contribution in [0.1, 0.15) is 0 Å². The van der Waals surface area contributed by atoms with Crippen LogP contribution in [0.25, 0.3) is 11.1 Å². The molecule has 0 unspecified atom stereocenters. The molecular weight excluding hydrogens is 198 g/mol. The summed E-state index contributed by atoms with van der Waals surface area (Å²) in [5.41, 5.74) is 3.42. The summed E-state index contributed by atoms with van der Waals surface area (Å²) >= 11 is 0. The molecule has 0 aliphatic rings. The zero-order valence-electron chi connectivity index (χ0n) is 9.30. The Kier molecular flexibility index (Phi) is 3.22. The first-order valence-corrected chi connectivity index (χ1v) is 5.29. The molecule has 2 nitrogen and oxygen atoms in total. The first kappa shape index (κ1) is 10.7. The molecule has 0 spiro atoms. The van der Waals surface area contributed by atoms with Crippen molar-refractivity contribution in [3.05, 3.63) is 54.6 Å². The molecular formula is C14H15NO. The first-order chi connectivity index (χ1) is 7.81. The second kappa shape index (κ2) is 4.81. The van der Waals surface area contributed by atoms with Crippen molar-refractivity contribution in [2.75, 3.05) is 18.7 Å². The van der Waals surface area contributed by atoms with E-state index in [1.165, 1.54) is 11.1 Å². The maximum absolute atomic E-state index is 9.00. The Labute approximate surface area is 95.8 Å². The average Bonchev–Trinajstić information content (AvgIpc) is 2.39. The van der Waals surface area contributed by atoms with Crippen molar-refractivity contribution in [2.45, 2.75) is 0 Å². The van der Waals surface area contributed by atoms with Gasteiger partial charge in [0.05, 0.1) is 0 Å². The third-order valence-corrected chi connectivity index (χ3v) is 2.63. The number of hydrogen-bond acceptors (Lipinski definition) is 2. The van der Waals surface area contributed by atoms with Crippen molar-refractivity contribution in [1.29, 1.82) is 0 Å². The summed E-state index contributed by atoms with van der Waals surface area (Å²) in [5.74, 6) is 0. The SMILES string of the molecule is CN(CO)c1ccc(-c2ccccc2)cc1. The van der Waals surface area contributed by atoms with Crippen LogP contribution in [-0.4, -0.2) is 18.9 Å². The van der Waals surface area contributed by atoms with Gasteiger partial charge >= 0.3 is 0 Å². The van der Waals surface area contributed by atoms with Crippen molar-refractivity contribution in [3.63, 3.8) is 0 Å². The van der Waals surface area contributed by atoms with Crippen LogP contribution in [-0.2, 0) is 0 Å².